The molecule has 0 aliphatic carbocycles. The van der Waals surface area contributed by atoms with E-state index in [1.807, 2.05) is 0 Å². The van der Waals surface area contributed by atoms with E-state index in [-0.39, 0.29) is 10.5 Å². The molecule has 0 bridgehead atoms. The van der Waals surface area contributed by atoms with Crippen LogP contribution in [0.3, 0.4) is 0 Å². The van der Waals surface area contributed by atoms with Gasteiger partial charge in [0.1, 0.15) is 6.04 Å². The van der Waals surface area contributed by atoms with Gasteiger partial charge in [-0.25, -0.2) is 4.79 Å². The first-order valence-electron chi connectivity index (χ1n) is 6.08. The predicted molar refractivity (Wildman–Crippen MR) is 70.0 cm³/mol. The number of halogens is 2. The van der Waals surface area contributed by atoms with Crippen molar-refractivity contribution in [3.8, 4) is 0 Å². The lowest BCUT2D eigenvalue weighted by Crippen LogP contribution is -2.40. The lowest BCUT2D eigenvalue weighted by molar-refractivity contribution is -0.141. The molecule has 7 heteroatoms. The molecule has 0 radical (unpaired) electrons. The Balaban J connectivity index is 2.27. The molecule has 1 N–H and O–H groups in total. The Kier molecular flexibility index (Phi) is 4.59. The zero-order valence-corrected chi connectivity index (χ0v) is 11.3. The molecular weight excluding hydrogens is 288 g/mol. The van der Waals surface area contributed by atoms with Gasteiger partial charge >= 0.3 is 5.97 Å². The minimum atomic E-state index is -2.63. The van der Waals surface area contributed by atoms with E-state index < -0.39 is 23.7 Å². The number of carboxylic acids is 1. The first kappa shape index (κ1) is 14.8. The fourth-order valence-corrected chi connectivity index (χ4v) is 2.89. The minimum absolute atomic E-state index is 0.131. The maximum absolute atomic E-state index is 12.5. The molecule has 0 aromatic heterocycles. The highest BCUT2D eigenvalue weighted by Gasteiger charge is 2.35. The number of aliphatic carboxylic acids is 1. The normalized spacial score (nSPS) is 18.6. The van der Waals surface area contributed by atoms with Gasteiger partial charge in [0.15, 0.2) is 0 Å². The minimum Gasteiger partial charge on any atom is -0.480 e. The van der Waals surface area contributed by atoms with Gasteiger partial charge in [0.05, 0.1) is 5.56 Å². The number of carbonyl (C=O) groups is 2. The summed E-state index contributed by atoms with van der Waals surface area (Å²) in [6.07, 6.45) is 0.998. The number of likely N-dealkylation sites (tertiary alicyclic amines) is 1. The number of hydrogen-bond acceptors (Lipinski definition) is 3. The van der Waals surface area contributed by atoms with E-state index in [2.05, 4.69) is 0 Å². The van der Waals surface area contributed by atoms with E-state index in [9.17, 15) is 18.4 Å². The molecule has 0 unspecified atom stereocenters. The number of alkyl halides is 2. The monoisotopic (exact) mass is 301 g/mol. The van der Waals surface area contributed by atoms with Crippen molar-refractivity contribution >= 4 is 23.6 Å². The number of carboxylic acid groups (broad SMARTS) is 1. The molecule has 4 nitrogen and oxygen atoms in total. The summed E-state index contributed by atoms with van der Waals surface area (Å²) in [6, 6.07) is 5.17. The molecule has 20 heavy (non-hydrogen) atoms. The Labute approximate surface area is 118 Å². The molecule has 0 saturated carbocycles. The molecule has 1 aliphatic rings. The Morgan fingerprint density at radius 3 is 2.70 bits per heavy atom. The van der Waals surface area contributed by atoms with Gasteiger partial charge in [0.2, 0.25) is 0 Å². The van der Waals surface area contributed by atoms with Gasteiger partial charge in [0.25, 0.3) is 11.7 Å². The Morgan fingerprint density at radius 1 is 1.35 bits per heavy atom. The number of amides is 1. The van der Waals surface area contributed by atoms with Crippen LogP contribution in [0.1, 0.15) is 23.2 Å². The molecule has 0 spiro atoms. The fraction of sp³-hybridized carbons (Fsp3) is 0.385. The van der Waals surface area contributed by atoms with Crippen LogP contribution in [-0.2, 0) is 4.79 Å². The number of nitrogens with zero attached hydrogens (tertiary/aromatic N) is 1. The molecule has 1 aliphatic heterocycles. The van der Waals surface area contributed by atoms with Gasteiger partial charge in [-0.3, -0.25) is 4.79 Å². The lowest BCUT2D eigenvalue weighted by atomic mass is 10.1. The van der Waals surface area contributed by atoms with Gasteiger partial charge in [-0.1, -0.05) is 23.9 Å². The van der Waals surface area contributed by atoms with Crippen molar-refractivity contribution in [3.05, 3.63) is 29.8 Å². The third-order valence-electron chi connectivity index (χ3n) is 3.13. The summed E-state index contributed by atoms with van der Waals surface area (Å²) in [4.78, 5) is 24.9. The molecule has 1 atom stereocenters. The Morgan fingerprint density at radius 2 is 2.05 bits per heavy atom. The van der Waals surface area contributed by atoms with E-state index >= 15 is 0 Å². The van der Waals surface area contributed by atoms with Crippen LogP contribution >= 0.6 is 11.8 Å². The molecule has 1 aromatic rings. The highest BCUT2D eigenvalue weighted by molar-refractivity contribution is 7.99. The molecule has 1 heterocycles. The second-order valence-electron chi connectivity index (χ2n) is 4.37. The quantitative estimate of drug-likeness (QED) is 0.869. The zero-order chi connectivity index (χ0) is 14.7. The number of rotatable bonds is 4. The second kappa shape index (κ2) is 6.21. The molecule has 1 aromatic carbocycles. The zero-order valence-electron chi connectivity index (χ0n) is 10.5. The second-order valence-corrected chi connectivity index (χ2v) is 5.40. The summed E-state index contributed by atoms with van der Waals surface area (Å²) in [5, 5.41) is 9.08. The van der Waals surface area contributed by atoms with E-state index in [1.54, 1.807) is 12.1 Å². The number of carbonyl (C=O) groups excluding carboxylic acids is 1. The van der Waals surface area contributed by atoms with Gasteiger partial charge in [-0.05, 0) is 25.0 Å². The van der Waals surface area contributed by atoms with Crippen molar-refractivity contribution < 1.29 is 23.5 Å². The maximum Gasteiger partial charge on any atom is 0.326 e. The SMILES string of the molecule is O=C(O)[C@H]1CCCN1C(=O)c1ccccc1SC(F)F. The topological polar surface area (TPSA) is 57.6 Å². The van der Waals surface area contributed by atoms with Crippen LogP contribution in [0.2, 0.25) is 0 Å². The third-order valence-corrected chi connectivity index (χ3v) is 3.92. The molecular formula is C13H13F2NO3S. The molecule has 1 fully saturated rings. The van der Waals surface area contributed by atoms with Crippen LogP contribution in [-0.4, -0.2) is 40.2 Å². The van der Waals surface area contributed by atoms with Crippen molar-refractivity contribution in [2.24, 2.45) is 0 Å². The van der Waals surface area contributed by atoms with Crippen molar-refractivity contribution in [1.29, 1.82) is 0 Å². The largest absolute Gasteiger partial charge is 0.480 e. The highest BCUT2D eigenvalue weighted by Crippen LogP contribution is 2.30. The van der Waals surface area contributed by atoms with Crippen molar-refractivity contribution in [2.75, 3.05) is 6.54 Å². The fourth-order valence-electron chi connectivity index (χ4n) is 2.26. The average molecular weight is 301 g/mol. The van der Waals surface area contributed by atoms with Crippen molar-refractivity contribution in [1.82, 2.24) is 4.90 Å². The van der Waals surface area contributed by atoms with Gasteiger partial charge in [-0.2, -0.15) is 8.78 Å². The lowest BCUT2D eigenvalue weighted by Gasteiger charge is -2.22. The third kappa shape index (κ3) is 3.09. The van der Waals surface area contributed by atoms with Crippen molar-refractivity contribution in [2.45, 2.75) is 29.5 Å². The average Bonchev–Trinajstić information content (AvgIpc) is 2.87. The summed E-state index contributed by atoms with van der Waals surface area (Å²) < 4.78 is 25.0. The predicted octanol–water partition coefficient (Wildman–Crippen LogP) is 2.69. The van der Waals surface area contributed by atoms with Gasteiger partial charge in [-0.15, -0.1) is 0 Å². The molecule has 1 amide bonds. The van der Waals surface area contributed by atoms with E-state index in [4.69, 9.17) is 5.11 Å². The summed E-state index contributed by atoms with van der Waals surface area (Å²) in [6.45, 7) is 0.337. The molecule has 1 saturated heterocycles. The summed E-state index contributed by atoms with van der Waals surface area (Å²) >= 11 is 0.294. The first-order chi connectivity index (χ1) is 9.50. The number of hydrogen-bond donors (Lipinski definition) is 1. The van der Waals surface area contributed by atoms with Crippen LogP contribution in [0.25, 0.3) is 0 Å². The van der Waals surface area contributed by atoms with E-state index in [0.29, 0.717) is 31.1 Å². The van der Waals surface area contributed by atoms with E-state index in [1.165, 1.54) is 17.0 Å². The van der Waals surface area contributed by atoms with Crippen molar-refractivity contribution in [3.63, 3.8) is 0 Å². The maximum atomic E-state index is 12.5. The van der Waals surface area contributed by atoms with E-state index in [0.717, 1.165) is 0 Å². The highest BCUT2D eigenvalue weighted by atomic mass is 32.2. The summed E-state index contributed by atoms with van der Waals surface area (Å²) in [5.41, 5.74) is 0.131. The number of benzene rings is 1. The van der Waals surface area contributed by atoms with Gasteiger partial charge in [0, 0.05) is 11.4 Å². The van der Waals surface area contributed by atoms with Crippen LogP contribution in [0.5, 0.6) is 0 Å². The standard InChI is InChI=1S/C13H13F2NO3S/c14-13(15)20-10-6-2-1-4-8(10)11(17)16-7-3-5-9(16)12(18)19/h1-2,4,6,9,13H,3,5,7H2,(H,18,19)/t9-/m1/s1. The van der Waals surface area contributed by atoms with Crippen LogP contribution < -0.4 is 0 Å². The van der Waals surface area contributed by atoms with Crippen LogP contribution in [0.15, 0.2) is 29.2 Å². The molecule has 2 rings (SSSR count). The first-order valence-corrected chi connectivity index (χ1v) is 6.96. The molecule has 108 valence electrons. The van der Waals surface area contributed by atoms with Gasteiger partial charge < -0.3 is 10.0 Å². The Bertz CT molecular complexity index is 524. The summed E-state index contributed by atoms with van der Waals surface area (Å²) in [7, 11) is 0. The number of thioether (sulfide) groups is 1. The summed E-state index contributed by atoms with van der Waals surface area (Å²) in [5.74, 6) is -4.19. The van der Waals surface area contributed by atoms with Crippen LogP contribution in [0, 0.1) is 0 Å². The Hall–Kier alpha value is -1.63. The van der Waals surface area contributed by atoms with Crippen LogP contribution in [0.4, 0.5) is 8.78 Å². The smallest absolute Gasteiger partial charge is 0.326 e.